The maximum absolute atomic E-state index is 3.92. The van der Waals surface area contributed by atoms with Crippen LogP contribution in [0, 0.1) is 24.4 Å². The molecule has 0 saturated carbocycles. The first kappa shape index (κ1) is 26.3. The SMILES string of the molecule is C=C(C)CC(C)(C)[C-](I)[B]P.C[C+](C)CC(C)(C)[C-](I)[B]P.[HH].[HH]. The molecule has 0 aromatic heterocycles. The van der Waals surface area contributed by atoms with Gasteiger partial charge in [-0.15, -0.1) is 12.0 Å². The molecule has 0 heterocycles. The number of hydrogen-bond acceptors (Lipinski definition) is 0. The monoisotopic (exact) mass is 565 g/mol. The Kier molecular flexibility index (Phi) is 14.8. The molecule has 0 rings (SSSR count). The van der Waals surface area contributed by atoms with Crippen LogP contribution in [0.25, 0.3) is 0 Å². The maximum atomic E-state index is 3.92. The summed E-state index contributed by atoms with van der Waals surface area (Å²) in [6.45, 7) is 23.6. The van der Waals surface area contributed by atoms with Gasteiger partial charge in [-0.25, -0.2) is 18.2 Å². The minimum absolute atomic E-state index is 0. The Labute approximate surface area is 177 Å². The third-order valence-electron chi connectivity index (χ3n) is 3.12. The summed E-state index contributed by atoms with van der Waals surface area (Å²) >= 11 is 4.79. The van der Waals surface area contributed by atoms with E-state index in [1.54, 1.807) is 0 Å². The van der Waals surface area contributed by atoms with Crippen LogP contribution >= 0.6 is 63.4 Å². The predicted octanol–water partition coefficient (Wildman–Crippen LogP) is 7.33. The van der Waals surface area contributed by atoms with Gasteiger partial charge in [-0.3, -0.25) is 7.65 Å². The van der Waals surface area contributed by atoms with Crippen LogP contribution in [0.1, 0.15) is 64.2 Å². The molecule has 6 heteroatoms. The molecule has 2 radical (unpaired) electrons. The molecule has 2 atom stereocenters. The van der Waals surface area contributed by atoms with Crippen LogP contribution in [-0.2, 0) is 0 Å². The fourth-order valence-electron chi connectivity index (χ4n) is 2.26. The van der Waals surface area contributed by atoms with E-state index < -0.39 is 0 Å². The van der Waals surface area contributed by atoms with Gasteiger partial charge in [-0.2, -0.15) is 5.41 Å². The molecule has 0 fully saturated rings. The molecular weight excluding hydrogens is 530 g/mol. The van der Waals surface area contributed by atoms with Gasteiger partial charge in [-0.05, 0) is 20.9 Å². The fraction of sp³-hybridized carbons (Fsp3) is 0.688. The van der Waals surface area contributed by atoms with Gasteiger partial charge < -0.3 is 45.2 Å². The van der Waals surface area contributed by atoms with Crippen molar-refractivity contribution in [2.24, 2.45) is 10.8 Å². The molecular formula is C16H35B2I2P2-. The van der Waals surface area contributed by atoms with Gasteiger partial charge in [0.1, 0.15) is 0 Å². The van der Waals surface area contributed by atoms with Crippen molar-refractivity contribution in [2.75, 3.05) is 0 Å². The summed E-state index contributed by atoms with van der Waals surface area (Å²) in [6, 6.07) is 0. The highest BCUT2D eigenvalue weighted by Gasteiger charge is 2.21. The van der Waals surface area contributed by atoms with Gasteiger partial charge >= 0.3 is 0 Å². The van der Waals surface area contributed by atoms with Crippen LogP contribution < -0.4 is 0 Å². The smallest absolute Gasteiger partial charge is 0.0822 e. The minimum Gasteiger partial charge on any atom is -0.318 e. The van der Waals surface area contributed by atoms with E-state index >= 15 is 0 Å². The second-order valence-electron chi connectivity index (χ2n) is 7.31. The highest BCUT2D eigenvalue weighted by molar-refractivity contribution is 14.1. The van der Waals surface area contributed by atoms with Crippen LogP contribution in [0.4, 0.5) is 0 Å². The number of halogens is 2. The van der Waals surface area contributed by atoms with Crippen LogP contribution in [-0.4, -0.2) is 14.0 Å². The number of rotatable bonds is 8. The van der Waals surface area contributed by atoms with Gasteiger partial charge in [0.2, 0.25) is 0 Å². The first-order valence-corrected chi connectivity index (χ1v) is 10.9. The van der Waals surface area contributed by atoms with Crippen LogP contribution in [0.5, 0.6) is 0 Å². The average Bonchev–Trinajstić information content (AvgIpc) is 2.34. The molecule has 2 unspecified atom stereocenters. The summed E-state index contributed by atoms with van der Waals surface area (Å²) in [5.74, 6) is 1.50. The zero-order chi connectivity index (χ0) is 18.1. The molecule has 0 amide bonds. The lowest BCUT2D eigenvalue weighted by Crippen LogP contribution is -2.21. The first-order valence-electron chi connectivity index (χ1n) is 7.39. The first-order chi connectivity index (χ1) is 9.80. The third-order valence-corrected chi connectivity index (χ3v) is 8.79. The lowest BCUT2D eigenvalue weighted by Gasteiger charge is -2.42. The minimum atomic E-state index is 0. The second-order valence-corrected chi connectivity index (χ2v) is 10.3. The summed E-state index contributed by atoms with van der Waals surface area (Å²) in [7, 11) is 5.31. The molecule has 0 spiro atoms. The Hall–Kier alpha value is 2.06. The highest BCUT2D eigenvalue weighted by Crippen LogP contribution is 2.40. The molecule has 130 valence electrons. The van der Waals surface area contributed by atoms with E-state index in [9.17, 15) is 0 Å². The van der Waals surface area contributed by atoms with Crippen molar-refractivity contribution >= 4 is 77.4 Å². The fourth-order valence-corrected chi connectivity index (χ4v) is 3.54. The van der Waals surface area contributed by atoms with Gasteiger partial charge in [0.25, 0.3) is 0 Å². The van der Waals surface area contributed by atoms with E-state index in [4.69, 9.17) is 0 Å². The zero-order valence-corrected chi connectivity index (χ0v) is 21.8. The summed E-state index contributed by atoms with van der Waals surface area (Å²) < 4.78 is 2.80. The van der Waals surface area contributed by atoms with Crippen molar-refractivity contribution in [3.8, 4) is 0 Å². The lowest BCUT2D eigenvalue weighted by atomic mass is 9.73. The van der Waals surface area contributed by atoms with E-state index in [-0.39, 0.29) is 8.27 Å². The Bertz CT molecular complexity index is 331. The summed E-state index contributed by atoms with van der Waals surface area (Å²) in [4.78, 5) is 0. The van der Waals surface area contributed by atoms with Crippen LogP contribution in [0.15, 0.2) is 12.2 Å². The van der Waals surface area contributed by atoms with Crippen molar-refractivity contribution in [1.82, 2.24) is 0 Å². The number of allylic oxidation sites excluding steroid dienone is 1. The van der Waals surface area contributed by atoms with Crippen LogP contribution in [0.3, 0.4) is 0 Å². The van der Waals surface area contributed by atoms with Gasteiger partial charge in [-0.1, -0.05) is 39.7 Å². The van der Waals surface area contributed by atoms with E-state index in [0.29, 0.717) is 5.41 Å². The molecule has 0 aromatic rings. The molecule has 0 nitrogen and oxygen atoms in total. The van der Waals surface area contributed by atoms with Crippen molar-refractivity contribution in [1.29, 1.82) is 0 Å². The van der Waals surface area contributed by atoms with Crippen LogP contribution in [0.2, 0.25) is 0 Å². The molecule has 0 saturated heterocycles. The second kappa shape index (κ2) is 12.4. The van der Waals surface area contributed by atoms with E-state index in [1.807, 2.05) is 0 Å². The third kappa shape index (κ3) is 12.4. The lowest BCUT2D eigenvalue weighted by molar-refractivity contribution is 0.428. The van der Waals surface area contributed by atoms with Crippen molar-refractivity contribution < 1.29 is 2.85 Å². The van der Waals surface area contributed by atoms with E-state index in [0.717, 1.165) is 6.42 Å². The zero-order valence-electron chi connectivity index (χ0n) is 15.2. The average molecular weight is 565 g/mol. The molecule has 0 aliphatic carbocycles. The quantitative estimate of drug-likeness (QED) is 0.0952. The Balaban J connectivity index is -0.000000154. The summed E-state index contributed by atoms with van der Waals surface area (Å²) in [5, 5.41) is 0. The Morgan fingerprint density at radius 3 is 1.73 bits per heavy atom. The Morgan fingerprint density at radius 2 is 1.45 bits per heavy atom. The molecule has 0 N–H and O–H groups in total. The maximum Gasteiger partial charge on any atom is 0.0822 e. The largest absolute Gasteiger partial charge is 0.318 e. The van der Waals surface area contributed by atoms with Crippen molar-refractivity contribution in [2.45, 2.75) is 61.3 Å². The standard InChI is InChI=1S/C8H16BIP.C8H15BIP.2H2/c2*1-6(2)5-8(3,4)7(10)9-11;;/h5,11H2,1-4H3;1,5,11H2,2-4H3;2*1H/q;-1;;. The molecule has 0 aliphatic rings. The predicted molar refractivity (Wildman–Crippen MR) is 136 cm³/mol. The van der Waals surface area contributed by atoms with E-state index in [1.165, 1.54) is 25.6 Å². The normalized spacial score (nSPS) is 11.9. The topological polar surface area (TPSA) is 0 Å². The molecule has 0 bridgehead atoms. The van der Waals surface area contributed by atoms with Crippen molar-refractivity contribution in [3.63, 3.8) is 0 Å². The molecule has 22 heavy (non-hydrogen) atoms. The van der Waals surface area contributed by atoms with Gasteiger partial charge in [0.15, 0.2) is 0 Å². The van der Waals surface area contributed by atoms with E-state index in [2.05, 4.69) is 132 Å². The van der Waals surface area contributed by atoms with Crippen molar-refractivity contribution in [3.05, 3.63) is 25.7 Å². The summed E-state index contributed by atoms with van der Waals surface area (Å²) in [5.41, 5.74) is 1.82. The molecule has 0 aromatic carbocycles. The number of hydrogen-bond donors (Lipinski definition) is 0. The Morgan fingerprint density at radius 1 is 1.09 bits per heavy atom. The molecule has 0 aliphatic heterocycles. The van der Waals surface area contributed by atoms with Gasteiger partial charge in [0, 0.05) is 2.85 Å². The summed E-state index contributed by atoms with van der Waals surface area (Å²) in [6.07, 6.45) is 2.24. The highest BCUT2D eigenvalue weighted by atomic mass is 127. The van der Waals surface area contributed by atoms with Gasteiger partial charge in [0.05, 0.1) is 26.2 Å².